The number of aliphatic hydroxyl groups is 5. The van der Waals surface area contributed by atoms with E-state index in [0.29, 0.717) is 28.1 Å². The molecule has 1 aromatic heterocycles. The molecule has 0 unspecified atom stereocenters. The molecular formula is C40H46N2O11S2. The summed E-state index contributed by atoms with van der Waals surface area (Å²) in [4.78, 5) is 40.7. The number of amides is 1. The quantitative estimate of drug-likeness (QED) is 0.0676. The summed E-state index contributed by atoms with van der Waals surface area (Å²) < 4.78 is 32.3. The van der Waals surface area contributed by atoms with Crippen LogP contribution in [0.25, 0.3) is 0 Å². The number of hydrogen-bond donors (Lipinski definition) is 6. The Morgan fingerprint density at radius 1 is 0.855 bits per heavy atom. The van der Waals surface area contributed by atoms with E-state index in [0.717, 1.165) is 65.0 Å². The Balaban J connectivity index is 1.26. The lowest BCUT2D eigenvalue weighted by atomic mass is 9.93. The molecule has 294 valence electrons. The minimum Gasteiger partial charge on any atom is -0.465 e. The molecule has 3 aromatic carbocycles. The maximum absolute atomic E-state index is 13.9. The highest BCUT2D eigenvalue weighted by molar-refractivity contribution is 7.89. The number of carbonyl (C=O) groups is 3. The van der Waals surface area contributed by atoms with Gasteiger partial charge in [-0.2, -0.15) is 4.31 Å². The van der Waals surface area contributed by atoms with E-state index >= 15 is 0 Å². The van der Waals surface area contributed by atoms with Gasteiger partial charge in [-0.15, -0.1) is 11.3 Å². The molecule has 13 nitrogen and oxygen atoms in total. The summed E-state index contributed by atoms with van der Waals surface area (Å²) in [5, 5.41) is 52.0. The highest BCUT2D eigenvalue weighted by atomic mass is 32.2. The molecule has 55 heavy (non-hydrogen) atoms. The monoisotopic (exact) mass is 794 g/mol. The van der Waals surface area contributed by atoms with Crippen LogP contribution in [0, 0.1) is 0 Å². The van der Waals surface area contributed by atoms with Crippen LogP contribution in [0.5, 0.6) is 0 Å². The molecule has 0 fully saturated rings. The number of hydrogen-bond acceptors (Lipinski definition) is 12. The van der Waals surface area contributed by atoms with Gasteiger partial charge in [-0.25, -0.2) is 13.2 Å². The smallest absolute Gasteiger partial charge is 0.337 e. The van der Waals surface area contributed by atoms with Crippen molar-refractivity contribution in [1.82, 2.24) is 4.31 Å². The van der Waals surface area contributed by atoms with E-state index in [1.165, 1.54) is 42.7 Å². The van der Waals surface area contributed by atoms with E-state index in [1.54, 1.807) is 12.1 Å². The van der Waals surface area contributed by atoms with Crippen LogP contribution >= 0.6 is 11.3 Å². The summed E-state index contributed by atoms with van der Waals surface area (Å²) in [6, 6.07) is 20.2. The number of ketones is 1. The molecule has 4 aromatic rings. The Bertz CT molecular complexity index is 2080. The molecule has 0 bridgehead atoms. The summed E-state index contributed by atoms with van der Waals surface area (Å²) >= 11 is 1.43. The van der Waals surface area contributed by atoms with Gasteiger partial charge < -0.3 is 35.6 Å². The lowest BCUT2D eigenvalue weighted by Crippen LogP contribution is -2.49. The maximum atomic E-state index is 13.9. The number of aliphatic hydroxyl groups excluding tert-OH is 5. The molecule has 1 aliphatic carbocycles. The lowest BCUT2D eigenvalue weighted by molar-refractivity contribution is -0.116. The van der Waals surface area contributed by atoms with Crippen LogP contribution in [0.4, 0.5) is 5.69 Å². The largest absolute Gasteiger partial charge is 0.465 e. The fraction of sp³-hybridized carbons (Fsp3) is 0.375. The first kappa shape index (κ1) is 41.8. The predicted octanol–water partition coefficient (Wildman–Crippen LogP) is 2.93. The lowest BCUT2D eigenvalue weighted by Gasteiger charge is -2.28. The molecule has 1 aliphatic rings. The van der Waals surface area contributed by atoms with Crippen LogP contribution in [0.2, 0.25) is 0 Å². The van der Waals surface area contributed by atoms with Crippen molar-refractivity contribution in [1.29, 1.82) is 0 Å². The zero-order valence-corrected chi connectivity index (χ0v) is 32.2. The Labute approximate surface area is 323 Å². The highest BCUT2D eigenvalue weighted by Gasteiger charge is 2.33. The molecule has 0 spiro atoms. The Morgan fingerprint density at radius 2 is 1.47 bits per heavy atom. The van der Waals surface area contributed by atoms with Crippen molar-refractivity contribution < 1.29 is 53.1 Å². The number of rotatable bonds is 17. The second-order valence-corrected chi connectivity index (χ2v) is 16.8. The van der Waals surface area contributed by atoms with E-state index in [2.05, 4.69) is 5.32 Å². The summed E-state index contributed by atoms with van der Waals surface area (Å²) in [6.45, 7) is -1.54. The van der Waals surface area contributed by atoms with Crippen molar-refractivity contribution in [3.8, 4) is 0 Å². The number of carbonyl (C=O) groups excluding carboxylic acids is 3. The number of nitrogens with one attached hydrogen (secondary N) is 1. The number of thiophene rings is 1. The number of nitrogens with zero attached hydrogens (tertiary/aromatic N) is 1. The summed E-state index contributed by atoms with van der Waals surface area (Å²) in [6.07, 6.45) is -2.66. The Morgan fingerprint density at radius 3 is 2.11 bits per heavy atom. The van der Waals surface area contributed by atoms with E-state index < -0.39 is 53.4 Å². The molecule has 4 atom stereocenters. The second-order valence-electron chi connectivity index (χ2n) is 13.6. The number of anilines is 1. The minimum absolute atomic E-state index is 0.101. The Kier molecular flexibility index (Phi) is 14.1. The molecule has 1 amide bonds. The van der Waals surface area contributed by atoms with E-state index in [4.69, 9.17) is 9.84 Å². The van der Waals surface area contributed by atoms with Crippen molar-refractivity contribution in [2.45, 2.75) is 74.3 Å². The van der Waals surface area contributed by atoms with Gasteiger partial charge in [0.05, 0.1) is 35.8 Å². The first-order valence-corrected chi connectivity index (χ1v) is 20.1. The number of likely N-dealkylation sites (N-methyl/N-ethyl adjacent to an activating group) is 1. The van der Waals surface area contributed by atoms with Gasteiger partial charge in [-0.3, -0.25) is 9.59 Å². The number of benzene rings is 3. The fourth-order valence-electron chi connectivity index (χ4n) is 6.46. The number of methoxy groups -OCH3 is 1. The van der Waals surface area contributed by atoms with Gasteiger partial charge in [0.25, 0.3) is 5.91 Å². The molecular weight excluding hydrogens is 749 g/mol. The van der Waals surface area contributed by atoms with Gasteiger partial charge >= 0.3 is 5.97 Å². The standard InChI is InChI=1S/C40H46N2O11S2/c1-42(22-32(45)37(47)38(48)33(46)23-43)55(51,52)29-7-5-6-27(20-29)31(44)21-35-36(30-8-3-4-9-34(30)54-35)39(49)41-28-18-14-25(15-19-28)11-10-24-12-16-26(17-13-24)40(50)53-2/h5-7,12-20,32-33,37-38,43,45-48H,3-4,8-11,21-23H2,1-2H3,(H,41,49)/t32-,33+,37+,38+/m0/s1. The van der Waals surface area contributed by atoms with Crippen molar-refractivity contribution in [2.75, 3.05) is 32.6 Å². The molecule has 15 heteroatoms. The number of ether oxygens (including phenoxy) is 1. The van der Waals surface area contributed by atoms with Crippen molar-refractivity contribution in [3.63, 3.8) is 0 Å². The molecule has 0 saturated heterocycles. The molecule has 6 N–H and O–H groups in total. The van der Waals surface area contributed by atoms with E-state index in [-0.39, 0.29) is 28.8 Å². The third-order valence-electron chi connectivity index (χ3n) is 9.72. The summed E-state index contributed by atoms with van der Waals surface area (Å²) in [7, 11) is -1.80. The van der Waals surface area contributed by atoms with Crippen molar-refractivity contribution in [3.05, 3.63) is 116 Å². The SMILES string of the molecule is COC(=O)c1ccc(CCc2ccc(NC(=O)c3c(CC(=O)c4cccc(S(=O)(=O)N(C)C[C@H](O)[C@@H](O)[C@H](O)[C@H](O)CO)c4)sc4c3CCCC4)cc2)cc1. The Hall–Kier alpha value is -4.32. The topological polar surface area (TPSA) is 211 Å². The minimum atomic E-state index is -4.29. The maximum Gasteiger partial charge on any atom is 0.337 e. The van der Waals surface area contributed by atoms with Crippen molar-refractivity contribution in [2.24, 2.45) is 0 Å². The molecule has 0 saturated carbocycles. The van der Waals surface area contributed by atoms with Gasteiger partial charge in [0.15, 0.2) is 5.78 Å². The highest BCUT2D eigenvalue weighted by Crippen LogP contribution is 2.36. The van der Waals surface area contributed by atoms with Crippen LogP contribution in [0.1, 0.15) is 70.4 Å². The second kappa shape index (κ2) is 18.5. The zero-order chi connectivity index (χ0) is 39.9. The average molecular weight is 795 g/mol. The van der Waals surface area contributed by atoms with Gasteiger partial charge in [0.1, 0.15) is 18.3 Å². The number of aryl methyl sites for hydroxylation is 3. The van der Waals surface area contributed by atoms with Gasteiger partial charge in [-0.1, -0.05) is 36.4 Å². The molecule has 0 aliphatic heterocycles. The van der Waals surface area contributed by atoms with Crippen LogP contribution in [0.3, 0.4) is 0 Å². The number of Topliss-reactive ketones (excluding diaryl/α,β-unsaturated/α-hetero) is 1. The fourth-order valence-corrected chi connectivity index (χ4v) is 9.09. The summed E-state index contributed by atoms with van der Waals surface area (Å²) in [5.41, 5.74) is 4.73. The average Bonchev–Trinajstić information content (AvgIpc) is 3.57. The van der Waals surface area contributed by atoms with E-state index in [1.807, 2.05) is 36.4 Å². The number of sulfonamides is 1. The predicted molar refractivity (Wildman–Crippen MR) is 206 cm³/mol. The zero-order valence-electron chi connectivity index (χ0n) is 30.6. The molecule has 5 rings (SSSR count). The van der Waals surface area contributed by atoms with E-state index in [9.17, 15) is 43.2 Å². The van der Waals surface area contributed by atoms with Gasteiger partial charge in [-0.05, 0) is 91.6 Å². The van der Waals surface area contributed by atoms with Gasteiger partial charge in [0, 0.05) is 41.0 Å². The molecule has 0 radical (unpaired) electrons. The number of esters is 1. The van der Waals surface area contributed by atoms with Crippen LogP contribution in [-0.4, -0.2) is 108 Å². The molecule has 1 heterocycles. The third kappa shape index (κ3) is 10.1. The normalized spacial score (nSPS) is 15.1. The summed E-state index contributed by atoms with van der Waals surface area (Å²) in [5.74, 6) is -1.10. The van der Waals surface area contributed by atoms with Crippen LogP contribution in [0.15, 0.2) is 77.7 Å². The third-order valence-corrected chi connectivity index (χ3v) is 12.8. The first-order chi connectivity index (χ1) is 26.2. The van der Waals surface area contributed by atoms with Crippen LogP contribution < -0.4 is 5.32 Å². The van der Waals surface area contributed by atoms with Crippen LogP contribution in [-0.2, 0) is 46.9 Å². The first-order valence-electron chi connectivity index (χ1n) is 17.9. The number of fused-ring (bicyclic) bond motifs is 1. The van der Waals surface area contributed by atoms with Gasteiger partial charge in [0.2, 0.25) is 10.0 Å². The van der Waals surface area contributed by atoms with Crippen molar-refractivity contribution >= 4 is 44.7 Å².